The Morgan fingerprint density at radius 2 is 2.00 bits per heavy atom. The average Bonchev–Trinajstić information content (AvgIpc) is 2.65. The number of ether oxygens (including phenoxy) is 1. The summed E-state index contributed by atoms with van der Waals surface area (Å²) >= 11 is 3.45. The molecule has 1 aliphatic rings. The fourth-order valence-electron chi connectivity index (χ4n) is 3.38. The van der Waals surface area contributed by atoms with Gasteiger partial charge >= 0.3 is 5.97 Å². The van der Waals surface area contributed by atoms with Gasteiger partial charge in [0, 0.05) is 17.6 Å². The summed E-state index contributed by atoms with van der Waals surface area (Å²) in [5.41, 5.74) is 8.27. The number of carbonyl (C=O) groups excluding carboxylic acids is 1. The number of anilines is 1. The van der Waals surface area contributed by atoms with Crippen molar-refractivity contribution >= 4 is 27.6 Å². The van der Waals surface area contributed by atoms with E-state index in [0.717, 1.165) is 41.8 Å². The van der Waals surface area contributed by atoms with Gasteiger partial charge in [-0.2, -0.15) is 0 Å². The predicted octanol–water partition coefficient (Wildman–Crippen LogP) is 4.02. The summed E-state index contributed by atoms with van der Waals surface area (Å²) in [5, 5.41) is 12.3. The maximum absolute atomic E-state index is 12.3. The zero-order valence-corrected chi connectivity index (χ0v) is 17.0. The maximum Gasteiger partial charge on any atom is 0.338 e. The van der Waals surface area contributed by atoms with E-state index in [1.165, 1.54) is 32.1 Å². The monoisotopic (exact) mass is 426 g/mol. The van der Waals surface area contributed by atoms with Crippen LogP contribution in [0.25, 0.3) is 0 Å². The first-order chi connectivity index (χ1) is 12.6. The Hall–Kier alpha value is -1.11. The summed E-state index contributed by atoms with van der Waals surface area (Å²) in [6.07, 6.45) is 8.98. The van der Waals surface area contributed by atoms with Gasteiger partial charge in [0.1, 0.15) is 0 Å². The van der Waals surface area contributed by atoms with Gasteiger partial charge in [-0.25, -0.2) is 4.79 Å². The van der Waals surface area contributed by atoms with Crippen molar-refractivity contribution in [1.82, 2.24) is 5.32 Å². The molecular formula is C20H31BrN2O3. The van der Waals surface area contributed by atoms with Crippen LogP contribution in [-0.4, -0.2) is 30.8 Å². The molecule has 0 atom stereocenters. The number of hydrogen-bond acceptors (Lipinski definition) is 5. The van der Waals surface area contributed by atoms with Crippen molar-refractivity contribution < 1.29 is 14.6 Å². The van der Waals surface area contributed by atoms with Gasteiger partial charge < -0.3 is 20.9 Å². The Morgan fingerprint density at radius 1 is 1.23 bits per heavy atom. The average molecular weight is 427 g/mol. The summed E-state index contributed by atoms with van der Waals surface area (Å²) < 4.78 is 6.05. The van der Waals surface area contributed by atoms with E-state index < -0.39 is 0 Å². The highest BCUT2D eigenvalue weighted by Crippen LogP contribution is 2.27. The molecule has 0 radical (unpaired) electrons. The molecule has 2 rings (SSSR count). The molecule has 4 N–H and O–H groups in total. The summed E-state index contributed by atoms with van der Waals surface area (Å²) in [6.45, 7) is 2.20. The van der Waals surface area contributed by atoms with Gasteiger partial charge in [0.15, 0.2) is 0 Å². The first-order valence-corrected chi connectivity index (χ1v) is 10.5. The minimum Gasteiger partial charge on any atom is -0.462 e. The number of aliphatic hydroxyl groups excluding tert-OH is 1. The quantitative estimate of drug-likeness (QED) is 0.298. The van der Waals surface area contributed by atoms with Gasteiger partial charge in [0.2, 0.25) is 0 Å². The molecule has 1 aliphatic carbocycles. The smallest absolute Gasteiger partial charge is 0.338 e. The number of carbonyl (C=O) groups is 1. The predicted molar refractivity (Wildman–Crippen MR) is 108 cm³/mol. The Morgan fingerprint density at radius 3 is 2.73 bits per heavy atom. The lowest BCUT2D eigenvalue weighted by atomic mass is 9.89. The lowest BCUT2D eigenvalue weighted by Gasteiger charge is -2.22. The van der Waals surface area contributed by atoms with Crippen LogP contribution in [0.5, 0.6) is 0 Å². The molecule has 1 fully saturated rings. The summed E-state index contributed by atoms with van der Waals surface area (Å²) in [4.78, 5) is 12.3. The van der Waals surface area contributed by atoms with Gasteiger partial charge in [-0.05, 0) is 78.2 Å². The van der Waals surface area contributed by atoms with Crippen molar-refractivity contribution in [1.29, 1.82) is 0 Å². The number of nitrogens with two attached hydrogens (primary N) is 1. The second-order valence-corrected chi connectivity index (χ2v) is 7.94. The van der Waals surface area contributed by atoms with Crippen LogP contribution in [0.15, 0.2) is 16.6 Å². The van der Waals surface area contributed by atoms with E-state index >= 15 is 0 Å². The summed E-state index contributed by atoms with van der Waals surface area (Å²) in [6, 6.07) is 3.54. The minimum absolute atomic E-state index is 0.177. The Labute approximate surface area is 164 Å². The molecule has 5 nitrogen and oxygen atoms in total. The third-order valence-electron chi connectivity index (χ3n) is 4.96. The zero-order valence-electron chi connectivity index (χ0n) is 15.4. The van der Waals surface area contributed by atoms with Crippen molar-refractivity contribution in [3.8, 4) is 0 Å². The first-order valence-electron chi connectivity index (χ1n) is 9.68. The van der Waals surface area contributed by atoms with Crippen LogP contribution in [-0.2, 0) is 11.3 Å². The number of esters is 1. The molecule has 0 amide bonds. The molecule has 0 heterocycles. The van der Waals surface area contributed by atoms with E-state index in [-0.39, 0.29) is 12.6 Å². The molecule has 26 heavy (non-hydrogen) atoms. The molecule has 1 aromatic rings. The van der Waals surface area contributed by atoms with E-state index in [9.17, 15) is 4.79 Å². The highest BCUT2D eigenvalue weighted by molar-refractivity contribution is 9.10. The van der Waals surface area contributed by atoms with Crippen molar-refractivity contribution in [2.24, 2.45) is 5.92 Å². The van der Waals surface area contributed by atoms with Crippen molar-refractivity contribution in [3.63, 3.8) is 0 Å². The Balaban J connectivity index is 1.87. The van der Waals surface area contributed by atoms with Gasteiger partial charge in [-0.1, -0.05) is 19.3 Å². The van der Waals surface area contributed by atoms with E-state index in [1.54, 1.807) is 6.07 Å². The Bertz CT molecular complexity index is 574. The van der Waals surface area contributed by atoms with E-state index in [2.05, 4.69) is 21.2 Å². The van der Waals surface area contributed by atoms with Crippen LogP contribution >= 0.6 is 15.9 Å². The number of halogens is 1. The lowest BCUT2D eigenvalue weighted by molar-refractivity contribution is 0.0496. The van der Waals surface area contributed by atoms with Gasteiger partial charge in [-0.3, -0.25) is 0 Å². The number of aliphatic hydroxyl groups is 1. The number of benzene rings is 1. The fourth-order valence-corrected chi connectivity index (χ4v) is 3.88. The van der Waals surface area contributed by atoms with Crippen molar-refractivity contribution in [2.75, 3.05) is 25.5 Å². The molecule has 1 aromatic carbocycles. The molecular weight excluding hydrogens is 396 g/mol. The SMILES string of the molecule is Nc1c(Br)cc(C(=O)OCCCCCO)cc1CNCC1CCCCC1. The third kappa shape index (κ3) is 6.89. The number of rotatable bonds is 10. The molecule has 0 aliphatic heterocycles. The maximum atomic E-state index is 12.3. The number of hydrogen-bond donors (Lipinski definition) is 3. The van der Waals surface area contributed by atoms with Crippen LogP contribution in [0.3, 0.4) is 0 Å². The molecule has 146 valence electrons. The normalized spacial score (nSPS) is 15.2. The lowest BCUT2D eigenvalue weighted by Crippen LogP contribution is -2.24. The van der Waals surface area contributed by atoms with Crippen LogP contribution in [0.4, 0.5) is 5.69 Å². The second kappa shape index (κ2) is 11.6. The van der Waals surface area contributed by atoms with Crippen LogP contribution in [0.2, 0.25) is 0 Å². The summed E-state index contributed by atoms with van der Waals surface area (Å²) in [7, 11) is 0. The Kier molecular flexibility index (Phi) is 9.43. The highest BCUT2D eigenvalue weighted by atomic mass is 79.9. The van der Waals surface area contributed by atoms with Crippen LogP contribution < -0.4 is 11.1 Å². The van der Waals surface area contributed by atoms with E-state index in [1.807, 2.05) is 6.07 Å². The summed E-state index contributed by atoms with van der Waals surface area (Å²) in [5.74, 6) is 0.420. The van der Waals surface area contributed by atoms with E-state index in [0.29, 0.717) is 24.4 Å². The number of nitrogens with one attached hydrogen (secondary N) is 1. The molecule has 0 saturated heterocycles. The van der Waals surface area contributed by atoms with Crippen molar-refractivity contribution in [3.05, 3.63) is 27.7 Å². The minimum atomic E-state index is -0.330. The highest BCUT2D eigenvalue weighted by Gasteiger charge is 2.15. The third-order valence-corrected chi connectivity index (χ3v) is 5.62. The standard InChI is InChI=1S/C20H31BrN2O3/c21-18-12-16(20(25)26-10-6-2-5-9-24)11-17(19(18)22)14-23-13-15-7-3-1-4-8-15/h11-12,15,23-24H,1-10,13-14,22H2. The molecule has 0 bridgehead atoms. The van der Waals surface area contributed by atoms with Gasteiger partial charge in [-0.15, -0.1) is 0 Å². The molecule has 0 aromatic heterocycles. The largest absolute Gasteiger partial charge is 0.462 e. The fraction of sp³-hybridized carbons (Fsp3) is 0.650. The second-order valence-electron chi connectivity index (χ2n) is 7.09. The number of unbranched alkanes of at least 4 members (excludes halogenated alkanes) is 2. The van der Waals surface area contributed by atoms with Crippen molar-refractivity contribution in [2.45, 2.75) is 57.9 Å². The molecule has 6 heteroatoms. The van der Waals surface area contributed by atoms with Gasteiger partial charge in [0.25, 0.3) is 0 Å². The van der Waals surface area contributed by atoms with E-state index in [4.69, 9.17) is 15.6 Å². The molecule has 0 unspecified atom stereocenters. The van der Waals surface area contributed by atoms with Gasteiger partial charge in [0.05, 0.1) is 17.9 Å². The number of nitrogen functional groups attached to an aromatic ring is 1. The zero-order chi connectivity index (χ0) is 18.8. The van der Waals surface area contributed by atoms with Crippen LogP contribution in [0.1, 0.15) is 67.3 Å². The molecule has 0 spiro atoms. The van der Waals surface area contributed by atoms with Crippen LogP contribution in [0, 0.1) is 5.92 Å². The molecule has 1 saturated carbocycles. The topological polar surface area (TPSA) is 84.6 Å². The first kappa shape index (κ1) is 21.2.